The third-order valence-electron chi connectivity index (χ3n) is 4.09. The summed E-state index contributed by atoms with van der Waals surface area (Å²) in [5, 5.41) is 13.7. The molecule has 0 aliphatic heterocycles. The number of halogens is 3. The first kappa shape index (κ1) is 19.0. The number of H-pyrrole nitrogens is 1. The molecular formula is C19H15F3N6. The van der Waals surface area contributed by atoms with E-state index in [4.69, 9.17) is 11.1 Å². The average Bonchev–Trinajstić information content (AvgIpc) is 3.16. The number of rotatable bonds is 5. The molecule has 142 valence electrons. The maximum atomic E-state index is 13.3. The molecular weight excluding hydrogens is 369 g/mol. The zero-order chi connectivity index (χ0) is 20.5. The number of nitrogens with two attached hydrogens (primary N) is 1. The summed E-state index contributed by atoms with van der Waals surface area (Å²) in [5.41, 5.74) is 6.65. The lowest BCUT2D eigenvalue weighted by Crippen LogP contribution is -2.09. The monoisotopic (exact) mass is 384 g/mol. The van der Waals surface area contributed by atoms with Gasteiger partial charge in [0.05, 0.1) is 28.7 Å². The highest BCUT2D eigenvalue weighted by Gasteiger charge is 2.36. The Morgan fingerprint density at radius 3 is 2.64 bits per heavy atom. The molecule has 0 fully saturated rings. The SMILES string of the molecule is C=CN=C(C=C)c1cc(-c2cn[nH]c2C(F)(F)F)nc2ccc(N)c(C=N)c12. The Labute approximate surface area is 157 Å². The van der Waals surface area contributed by atoms with E-state index in [9.17, 15) is 13.2 Å². The number of pyridine rings is 1. The number of aromatic nitrogens is 3. The van der Waals surface area contributed by atoms with E-state index in [2.05, 4.69) is 28.2 Å². The van der Waals surface area contributed by atoms with Gasteiger partial charge in [0.1, 0.15) is 5.69 Å². The maximum absolute atomic E-state index is 13.3. The topological polar surface area (TPSA) is 104 Å². The Morgan fingerprint density at radius 1 is 1.29 bits per heavy atom. The maximum Gasteiger partial charge on any atom is 0.433 e. The van der Waals surface area contributed by atoms with Crippen molar-refractivity contribution in [2.24, 2.45) is 4.99 Å². The summed E-state index contributed by atoms with van der Waals surface area (Å²) in [5.74, 6) is 0. The second-order valence-electron chi connectivity index (χ2n) is 5.72. The van der Waals surface area contributed by atoms with Crippen molar-refractivity contribution in [1.29, 1.82) is 5.41 Å². The van der Waals surface area contributed by atoms with Crippen LogP contribution < -0.4 is 5.73 Å². The highest BCUT2D eigenvalue weighted by molar-refractivity contribution is 6.20. The van der Waals surface area contributed by atoms with Crippen LogP contribution in [0.4, 0.5) is 18.9 Å². The summed E-state index contributed by atoms with van der Waals surface area (Å²) in [6.45, 7) is 7.25. The third kappa shape index (κ3) is 3.18. The molecule has 1 aromatic carbocycles. The Kier molecular flexibility index (Phi) is 4.83. The summed E-state index contributed by atoms with van der Waals surface area (Å²) in [6, 6.07) is 4.56. The van der Waals surface area contributed by atoms with Gasteiger partial charge in [-0.2, -0.15) is 18.3 Å². The Bertz CT molecular complexity index is 1120. The molecule has 28 heavy (non-hydrogen) atoms. The van der Waals surface area contributed by atoms with Crippen molar-refractivity contribution in [1.82, 2.24) is 15.2 Å². The van der Waals surface area contributed by atoms with Crippen LogP contribution in [0.5, 0.6) is 0 Å². The number of hydrogen-bond acceptors (Lipinski definition) is 5. The van der Waals surface area contributed by atoms with Gasteiger partial charge in [0.2, 0.25) is 0 Å². The fraction of sp³-hybridized carbons (Fsp3) is 0.0526. The Balaban J connectivity index is 2.44. The van der Waals surface area contributed by atoms with Crippen LogP contribution >= 0.6 is 0 Å². The lowest BCUT2D eigenvalue weighted by atomic mass is 9.96. The van der Waals surface area contributed by atoms with E-state index >= 15 is 0 Å². The number of aromatic amines is 1. The van der Waals surface area contributed by atoms with Crippen molar-refractivity contribution in [3.8, 4) is 11.3 Å². The molecule has 3 rings (SSSR count). The molecule has 2 heterocycles. The summed E-state index contributed by atoms with van der Waals surface area (Å²) < 4.78 is 39.9. The van der Waals surface area contributed by atoms with Crippen LogP contribution in [0.25, 0.3) is 22.2 Å². The fourth-order valence-corrected chi connectivity index (χ4v) is 2.89. The standard InChI is InChI=1S/C19H15F3N6/c1-3-14(25-4-2)10-7-16(12-9-26-28-18(12)19(20,21)22)27-15-6-5-13(24)11(8-23)17(10)15/h3-9,23H,1-2,24H2,(H,26,28). The Hall–Kier alpha value is -3.75. The Morgan fingerprint density at radius 2 is 2.04 bits per heavy atom. The predicted octanol–water partition coefficient (Wildman–Crippen LogP) is 4.34. The quantitative estimate of drug-likeness (QED) is 0.450. The van der Waals surface area contributed by atoms with Crippen LogP contribution in [0.15, 0.2) is 54.8 Å². The van der Waals surface area contributed by atoms with Crippen LogP contribution in [0.1, 0.15) is 16.8 Å². The molecule has 0 saturated carbocycles. The summed E-state index contributed by atoms with van der Waals surface area (Å²) >= 11 is 0. The van der Waals surface area contributed by atoms with Gasteiger partial charge in [-0.15, -0.1) is 0 Å². The molecule has 0 aliphatic carbocycles. The van der Waals surface area contributed by atoms with Crippen LogP contribution in [0, 0.1) is 5.41 Å². The molecule has 6 nitrogen and oxygen atoms in total. The van der Waals surface area contributed by atoms with Crippen LogP contribution in [-0.4, -0.2) is 27.1 Å². The first-order chi connectivity index (χ1) is 13.3. The lowest BCUT2D eigenvalue weighted by molar-refractivity contribution is -0.140. The third-order valence-corrected chi connectivity index (χ3v) is 4.09. The van der Waals surface area contributed by atoms with E-state index in [1.807, 2.05) is 5.10 Å². The fourth-order valence-electron chi connectivity index (χ4n) is 2.89. The number of nitrogens with one attached hydrogen (secondary N) is 2. The highest BCUT2D eigenvalue weighted by Crippen LogP contribution is 2.37. The van der Waals surface area contributed by atoms with E-state index < -0.39 is 11.9 Å². The van der Waals surface area contributed by atoms with Gasteiger partial charge in [0.15, 0.2) is 0 Å². The van der Waals surface area contributed by atoms with Crippen molar-refractivity contribution in [3.05, 3.63) is 66.7 Å². The highest BCUT2D eigenvalue weighted by atomic mass is 19.4. The molecule has 0 aliphatic rings. The van der Waals surface area contributed by atoms with Crippen LogP contribution in [-0.2, 0) is 6.18 Å². The number of anilines is 1. The molecule has 0 amide bonds. The van der Waals surface area contributed by atoms with Crippen molar-refractivity contribution in [2.75, 3.05) is 5.73 Å². The molecule has 3 aromatic rings. The van der Waals surface area contributed by atoms with Gasteiger partial charge < -0.3 is 11.1 Å². The number of fused-ring (bicyclic) bond motifs is 1. The summed E-state index contributed by atoms with van der Waals surface area (Å²) in [7, 11) is 0. The van der Waals surface area contributed by atoms with E-state index in [0.29, 0.717) is 33.4 Å². The molecule has 0 radical (unpaired) electrons. The molecule has 0 bridgehead atoms. The minimum Gasteiger partial charge on any atom is -0.398 e. The van der Waals surface area contributed by atoms with E-state index in [-0.39, 0.29) is 11.3 Å². The zero-order valence-electron chi connectivity index (χ0n) is 14.5. The average molecular weight is 384 g/mol. The first-order valence-electron chi connectivity index (χ1n) is 7.98. The number of hydrogen-bond donors (Lipinski definition) is 3. The zero-order valence-corrected chi connectivity index (χ0v) is 14.5. The van der Waals surface area contributed by atoms with Crippen molar-refractivity contribution in [2.45, 2.75) is 6.18 Å². The molecule has 2 aromatic heterocycles. The number of nitrogen functional groups attached to an aromatic ring is 1. The largest absolute Gasteiger partial charge is 0.433 e. The minimum absolute atomic E-state index is 0.0443. The molecule has 0 saturated heterocycles. The molecule has 9 heteroatoms. The van der Waals surface area contributed by atoms with Gasteiger partial charge in [0, 0.05) is 34.6 Å². The van der Waals surface area contributed by atoms with Gasteiger partial charge in [-0.05, 0) is 24.3 Å². The number of benzene rings is 1. The van der Waals surface area contributed by atoms with E-state index in [0.717, 1.165) is 12.4 Å². The molecule has 4 N–H and O–H groups in total. The van der Waals surface area contributed by atoms with Gasteiger partial charge in [-0.3, -0.25) is 10.1 Å². The van der Waals surface area contributed by atoms with E-state index in [1.165, 1.54) is 18.3 Å². The number of aliphatic imine (C=N–C) groups is 1. The van der Waals surface area contributed by atoms with E-state index in [1.54, 1.807) is 12.1 Å². The lowest BCUT2D eigenvalue weighted by Gasteiger charge is -2.14. The van der Waals surface area contributed by atoms with Gasteiger partial charge in [0.25, 0.3) is 0 Å². The predicted molar refractivity (Wildman–Crippen MR) is 104 cm³/mol. The second kappa shape index (κ2) is 7.10. The molecule has 0 atom stereocenters. The molecule has 0 spiro atoms. The number of allylic oxidation sites excluding steroid dienone is 1. The number of nitrogens with zero attached hydrogens (tertiary/aromatic N) is 3. The normalized spacial score (nSPS) is 12.2. The van der Waals surface area contributed by atoms with Gasteiger partial charge >= 0.3 is 6.18 Å². The van der Waals surface area contributed by atoms with Crippen molar-refractivity contribution >= 4 is 28.5 Å². The van der Waals surface area contributed by atoms with Gasteiger partial charge in [-0.25, -0.2) is 4.98 Å². The summed E-state index contributed by atoms with van der Waals surface area (Å²) in [4.78, 5) is 8.48. The smallest absolute Gasteiger partial charge is 0.398 e. The number of alkyl halides is 3. The first-order valence-corrected chi connectivity index (χ1v) is 7.98. The van der Waals surface area contributed by atoms with Crippen LogP contribution in [0.2, 0.25) is 0 Å². The van der Waals surface area contributed by atoms with Gasteiger partial charge in [-0.1, -0.05) is 13.2 Å². The summed E-state index contributed by atoms with van der Waals surface area (Å²) in [6.07, 6.45) is 0.236. The minimum atomic E-state index is -4.62. The molecule has 0 unspecified atom stereocenters. The van der Waals surface area contributed by atoms with Crippen molar-refractivity contribution < 1.29 is 13.2 Å². The van der Waals surface area contributed by atoms with Crippen molar-refractivity contribution in [3.63, 3.8) is 0 Å². The second-order valence-corrected chi connectivity index (χ2v) is 5.72. The van der Waals surface area contributed by atoms with Crippen LogP contribution in [0.3, 0.4) is 0 Å².